The van der Waals surface area contributed by atoms with Crippen molar-refractivity contribution in [3.63, 3.8) is 0 Å². The van der Waals surface area contributed by atoms with Gasteiger partial charge in [-0.05, 0) is 48.8 Å². The lowest BCUT2D eigenvalue weighted by Crippen LogP contribution is -2.06. The number of aryl methyl sites for hydroxylation is 1. The Morgan fingerprint density at radius 3 is 2.67 bits per heavy atom. The van der Waals surface area contributed by atoms with Crippen molar-refractivity contribution in [1.29, 1.82) is 0 Å². The number of ether oxygens (including phenoxy) is 1. The van der Waals surface area contributed by atoms with E-state index in [2.05, 4.69) is 18.0 Å². The number of methoxy groups -OCH3 is 1. The van der Waals surface area contributed by atoms with E-state index in [0.717, 1.165) is 30.6 Å². The molecule has 0 radical (unpaired) electrons. The number of aliphatic imine (C=N–C) groups is 1. The van der Waals surface area contributed by atoms with E-state index < -0.39 is 0 Å². The summed E-state index contributed by atoms with van der Waals surface area (Å²) in [6, 6.07) is 4.19. The van der Waals surface area contributed by atoms with E-state index >= 15 is 0 Å². The minimum atomic E-state index is -0.334. The maximum absolute atomic E-state index is 10.6. The molecule has 0 atom stereocenters. The molecule has 96 valence electrons. The van der Waals surface area contributed by atoms with Gasteiger partial charge in [0, 0.05) is 4.90 Å². The number of thioether (sulfide) groups is 1. The minimum absolute atomic E-state index is 0.334. The van der Waals surface area contributed by atoms with Gasteiger partial charge in [-0.2, -0.15) is 4.99 Å². The Morgan fingerprint density at radius 1 is 1.50 bits per heavy atom. The third-order valence-electron chi connectivity index (χ3n) is 3.47. The van der Waals surface area contributed by atoms with E-state index in [4.69, 9.17) is 4.74 Å². The molecule has 1 saturated carbocycles. The van der Waals surface area contributed by atoms with Gasteiger partial charge in [-0.3, -0.25) is 0 Å². The van der Waals surface area contributed by atoms with Gasteiger partial charge in [0.15, 0.2) is 0 Å². The molecule has 0 N–H and O–H groups in total. The molecule has 1 aliphatic carbocycles. The van der Waals surface area contributed by atoms with Crippen molar-refractivity contribution in [2.75, 3.05) is 13.4 Å². The highest BCUT2D eigenvalue weighted by atomic mass is 32.2. The first-order valence-electron chi connectivity index (χ1n) is 6.05. The SMILES string of the molecule is CCc1cc(SC)c(C2(N=C=O)CC2)cc1OC. The van der Waals surface area contributed by atoms with Crippen LogP contribution in [-0.2, 0) is 16.8 Å². The average molecular weight is 263 g/mol. The van der Waals surface area contributed by atoms with Gasteiger partial charge in [-0.15, -0.1) is 11.8 Å². The van der Waals surface area contributed by atoms with Crippen LogP contribution in [0.5, 0.6) is 5.75 Å². The maximum Gasteiger partial charge on any atom is 0.235 e. The van der Waals surface area contributed by atoms with E-state index in [9.17, 15) is 4.79 Å². The molecule has 1 fully saturated rings. The van der Waals surface area contributed by atoms with Gasteiger partial charge in [0.2, 0.25) is 6.08 Å². The lowest BCUT2D eigenvalue weighted by Gasteiger charge is -2.17. The number of hydrogen-bond donors (Lipinski definition) is 0. The molecule has 18 heavy (non-hydrogen) atoms. The second-order valence-corrected chi connectivity index (χ2v) is 5.30. The molecule has 0 heterocycles. The molecule has 0 bridgehead atoms. The van der Waals surface area contributed by atoms with E-state index in [1.165, 1.54) is 10.5 Å². The summed E-state index contributed by atoms with van der Waals surface area (Å²) in [7, 11) is 1.68. The second-order valence-electron chi connectivity index (χ2n) is 4.45. The molecule has 2 rings (SSSR count). The normalized spacial score (nSPS) is 15.9. The minimum Gasteiger partial charge on any atom is -0.496 e. The Labute approximate surface area is 112 Å². The van der Waals surface area contributed by atoms with Crippen LogP contribution in [0.1, 0.15) is 30.9 Å². The zero-order valence-corrected chi connectivity index (χ0v) is 11.8. The first-order valence-corrected chi connectivity index (χ1v) is 7.27. The van der Waals surface area contributed by atoms with Crippen molar-refractivity contribution in [2.45, 2.75) is 36.6 Å². The van der Waals surface area contributed by atoms with E-state index in [1.807, 2.05) is 12.3 Å². The van der Waals surface area contributed by atoms with E-state index in [-0.39, 0.29) is 5.54 Å². The zero-order chi connectivity index (χ0) is 13.2. The molecule has 0 amide bonds. The van der Waals surface area contributed by atoms with Gasteiger partial charge in [0.05, 0.1) is 12.6 Å². The highest BCUT2D eigenvalue weighted by Crippen LogP contribution is 2.53. The molecule has 1 aliphatic rings. The number of benzene rings is 1. The van der Waals surface area contributed by atoms with E-state index in [1.54, 1.807) is 25.0 Å². The van der Waals surface area contributed by atoms with Crippen molar-refractivity contribution in [2.24, 2.45) is 4.99 Å². The monoisotopic (exact) mass is 263 g/mol. The van der Waals surface area contributed by atoms with Crippen molar-refractivity contribution >= 4 is 17.8 Å². The summed E-state index contributed by atoms with van der Waals surface area (Å²) in [6.07, 6.45) is 6.53. The van der Waals surface area contributed by atoms with Gasteiger partial charge in [-0.1, -0.05) is 6.92 Å². The lowest BCUT2D eigenvalue weighted by molar-refractivity contribution is 0.408. The molecular formula is C14H17NO2S. The van der Waals surface area contributed by atoms with Crippen molar-refractivity contribution in [1.82, 2.24) is 0 Å². The number of carbonyl (C=O) groups excluding carboxylic acids is 1. The first-order chi connectivity index (χ1) is 8.70. The number of rotatable bonds is 5. The van der Waals surface area contributed by atoms with Gasteiger partial charge >= 0.3 is 0 Å². The summed E-state index contributed by atoms with van der Waals surface area (Å²) in [5.41, 5.74) is 1.96. The van der Waals surface area contributed by atoms with Crippen molar-refractivity contribution < 1.29 is 9.53 Å². The number of hydrogen-bond acceptors (Lipinski definition) is 4. The molecule has 1 aromatic rings. The fourth-order valence-electron chi connectivity index (χ4n) is 2.25. The summed E-state index contributed by atoms with van der Waals surface area (Å²) in [5.74, 6) is 0.887. The second kappa shape index (κ2) is 5.17. The Balaban J connectivity index is 2.56. The Bertz CT molecular complexity index is 503. The van der Waals surface area contributed by atoms with Crippen LogP contribution in [0.4, 0.5) is 0 Å². The van der Waals surface area contributed by atoms with Gasteiger partial charge in [-0.25, -0.2) is 4.79 Å². The van der Waals surface area contributed by atoms with Gasteiger partial charge in [0.25, 0.3) is 0 Å². The van der Waals surface area contributed by atoms with Gasteiger partial charge in [0.1, 0.15) is 5.75 Å². The molecule has 0 aliphatic heterocycles. The molecule has 0 unspecified atom stereocenters. The summed E-state index contributed by atoms with van der Waals surface area (Å²) in [4.78, 5) is 15.8. The highest BCUT2D eigenvalue weighted by Gasteiger charge is 2.46. The van der Waals surface area contributed by atoms with Crippen LogP contribution < -0.4 is 4.74 Å². The molecule has 3 nitrogen and oxygen atoms in total. The fraction of sp³-hybridized carbons (Fsp3) is 0.500. The fourth-order valence-corrected chi connectivity index (χ4v) is 2.98. The molecule has 1 aromatic carbocycles. The molecule has 0 saturated heterocycles. The van der Waals surface area contributed by atoms with E-state index in [0.29, 0.717) is 0 Å². The average Bonchev–Trinajstić information content (AvgIpc) is 3.18. The predicted octanol–water partition coefficient (Wildman–Crippen LogP) is 3.30. The van der Waals surface area contributed by atoms with Crippen molar-refractivity contribution in [3.05, 3.63) is 23.3 Å². The van der Waals surface area contributed by atoms with Crippen LogP contribution in [0.3, 0.4) is 0 Å². The highest BCUT2D eigenvalue weighted by molar-refractivity contribution is 7.98. The van der Waals surface area contributed by atoms with Crippen LogP contribution in [0.25, 0.3) is 0 Å². The molecule has 0 aromatic heterocycles. The summed E-state index contributed by atoms with van der Waals surface area (Å²) < 4.78 is 5.43. The maximum atomic E-state index is 10.6. The summed E-state index contributed by atoms with van der Waals surface area (Å²) in [6.45, 7) is 2.11. The summed E-state index contributed by atoms with van der Waals surface area (Å²) in [5, 5.41) is 0. The Kier molecular flexibility index (Phi) is 3.79. The summed E-state index contributed by atoms with van der Waals surface area (Å²) >= 11 is 1.69. The molecule has 0 spiro atoms. The zero-order valence-electron chi connectivity index (χ0n) is 10.9. The first kappa shape index (κ1) is 13.2. The largest absolute Gasteiger partial charge is 0.496 e. The van der Waals surface area contributed by atoms with Crippen LogP contribution in [0.2, 0.25) is 0 Å². The quantitative estimate of drug-likeness (QED) is 0.465. The Hall–Kier alpha value is -1.25. The van der Waals surface area contributed by atoms with Gasteiger partial charge < -0.3 is 4.74 Å². The van der Waals surface area contributed by atoms with Crippen LogP contribution in [-0.4, -0.2) is 19.4 Å². The van der Waals surface area contributed by atoms with Crippen LogP contribution in [0, 0.1) is 0 Å². The third-order valence-corrected chi connectivity index (χ3v) is 4.25. The van der Waals surface area contributed by atoms with Crippen LogP contribution >= 0.6 is 11.8 Å². The molecule has 4 heteroatoms. The van der Waals surface area contributed by atoms with Crippen LogP contribution in [0.15, 0.2) is 22.0 Å². The lowest BCUT2D eigenvalue weighted by atomic mass is 10.0. The topological polar surface area (TPSA) is 38.7 Å². The van der Waals surface area contributed by atoms with Crippen molar-refractivity contribution in [3.8, 4) is 5.75 Å². The Morgan fingerprint density at radius 2 is 2.22 bits per heavy atom. The molecular weight excluding hydrogens is 246 g/mol. The third kappa shape index (κ3) is 2.18. The smallest absolute Gasteiger partial charge is 0.235 e. The standard InChI is InChI=1S/C14H17NO2S/c1-4-10-7-13(18-3)11(8-12(10)17-2)14(5-6-14)15-9-16/h7-8H,4-6H2,1-3H3. The predicted molar refractivity (Wildman–Crippen MR) is 73.2 cm³/mol. The number of nitrogens with zero attached hydrogens (tertiary/aromatic N) is 1. The number of isocyanates is 1.